The van der Waals surface area contributed by atoms with Crippen LogP contribution in [0.4, 0.5) is 0 Å². The Balaban J connectivity index is 2.53. The van der Waals surface area contributed by atoms with E-state index in [1.807, 2.05) is 24.3 Å². The van der Waals surface area contributed by atoms with E-state index in [9.17, 15) is 5.11 Å². The minimum Gasteiger partial charge on any atom is -0.388 e. The lowest BCUT2D eigenvalue weighted by molar-refractivity contribution is 0.145. The molecule has 0 aliphatic carbocycles. The first kappa shape index (κ1) is 12.7. The van der Waals surface area contributed by atoms with Gasteiger partial charge >= 0.3 is 0 Å². The van der Waals surface area contributed by atoms with E-state index in [2.05, 4.69) is 29.8 Å². The Labute approximate surface area is 101 Å². The molecule has 0 radical (unpaired) electrons. The Bertz CT molecular complexity index is 281. The van der Waals surface area contributed by atoms with Crippen LogP contribution >= 0.6 is 15.9 Å². The van der Waals surface area contributed by atoms with Gasteiger partial charge in [-0.25, -0.2) is 0 Å². The van der Waals surface area contributed by atoms with E-state index in [-0.39, 0.29) is 6.10 Å². The van der Waals surface area contributed by atoms with Crippen LogP contribution in [-0.2, 0) is 0 Å². The third kappa shape index (κ3) is 4.35. The molecule has 0 aliphatic heterocycles. The largest absolute Gasteiger partial charge is 0.388 e. The van der Waals surface area contributed by atoms with E-state index >= 15 is 0 Å². The SMILES string of the molecule is CCCC(C)CC(O)c1ccc(Br)cc1. The molecule has 2 heteroatoms. The first-order valence-corrected chi connectivity index (χ1v) is 6.36. The van der Waals surface area contributed by atoms with Gasteiger partial charge < -0.3 is 5.11 Å². The van der Waals surface area contributed by atoms with Crippen LogP contribution in [0, 0.1) is 5.92 Å². The first-order valence-electron chi connectivity index (χ1n) is 5.57. The van der Waals surface area contributed by atoms with E-state index in [1.165, 1.54) is 12.8 Å². The monoisotopic (exact) mass is 270 g/mol. The Hall–Kier alpha value is -0.340. The first-order chi connectivity index (χ1) is 7.13. The fourth-order valence-corrected chi connectivity index (χ4v) is 2.08. The van der Waals surface area contributed by atoms with Gasteiger partial charge in [0.1, 0.15) is 0 Å². The van der Waals surface area contributed by atoms with E-state index < -0.39 is 0 Å². The predicted molar refractivity (Wildman–Crippen MR) is 67.8 cm³/mol. The van der Waals surface area contributed by atoms with E-state index in [0.717, 1.165) is 16.5 Å². The van der Waals surface area contributed by atoms with Crippen LogP contribution in [-0.4, -0.2) is 5.11 Å². The van der Waals surface area contributed by atoms with Crippen molar-refractivity contribution in [2.45, 2.75) is 39.2 Å². The molecule has 0 saturated carbocycles. The van der Waals surface area contributed by atoms with Crippen LogP contribution in [0.3, 0.4) is 0 Å². The number of aliphatic hydroxyl groups excluding tert-OH is 1. The highest BCUT2D eigenvalue weighted by molar-refractivity contribution is 9.10. The summed E-state index contributed by atoms with van der Waals surface area (Å²) in [5.74, 6) is 0.591. The molecule has 0 aliphatic rings. The summed E-state index contributed by atoms with van der Waals surface area (Å²) in [5.41, 5.74) is 1.01. The highest BCUT2D eigenvalue weighted by atomic mass is 79.9. The summed E-state index contributed by atoms with van der Waals surface area (Å²) in [4.78, 5) is 0. The zero-order chi connectivity index (χ0) is 11.3. The van der Waals surface area contributed by atoms with Crippen molar-refractivity contribution in [3.63, 3.8) is 0 Å². The molecule has 1 rings (SSSR count). The lowest BCUT2D eigenvalue weighted by Gasteiger charge is -2.16. The molecule has 1 nitrogen and oxygen atoms in total. The second-order valence-corrected chi connectivity index (χ2v) is 5.11. The van der Waals surface area contributed by atoms with Crippen LogP contribution in [0.15, 0.2) is 28.7 Å². The second kappa shape index (κ2) is 6.29. The fourth-order valence-electron chi connectivity index (χ4n) is 1.81. The summed E-state index contributed by atoms with van der Waals surface area (Å²) in [6.07, 6.45) is 2.91. The molecule has 0 saturated heterocycles. The van der Waals surface area contributed by atoms with Gasteiger partial charge in [-0.3, -0.25) is 0 Å². The van der Waals surface area contributed by atoms with Crippen LogP contribution in [0.25, 0.3) is 0 Å². The van der Waals surface area contributed by atoms with Crippen molar-refractivity contribution >= 4 is 15.9 Å². The smallest absolute Gasteiger partial charge is 0.0792 e. The molecule has 84 valence electrons. The van der Waals surface area contributed by atoms with Gasteiger partial charge in [-0.2, -0.15) is 0 Å². The third-order valence-electron chi connectivity index (χ3n) is 2.66. The molecule has 0 heterocycles. The highest BCUT2D eigenvalue weighted by Gasteiger charge is 2.11. The van der Waals surface area contributed by atoms with Crippen molar-refractivity contribution in [3.05, 3.63) is 34.3 Å². The molecule has 0 amide bonds. The number of rotatable bonds is 5. The van der Waals surface area contributed by atoms with Crippen LogP contribution in [0.5, 0.6) is 0 Å². The number of halogens is 1. The van der Waals surface area contributed by atoms with E-state index in [0.29, 0.717) is 5.92 Å². The van der Waals surface area contributed by atoms with E-state index in [1.54, 1.807) is 0 Å². The minimum atomic E-state index is -0.320. The van der Waals surface area contributed by atoms with Crippen molar-refractivity contribution in [3.8, 4) is 0 Å². The zero-order valence-corrected chi connectivity index (χ0v) is 11.0. The molecule has 0 fully saturated rings. The van der Waals surface area contributed by atoms with Gasteiger partial charge in [0.05, 0.1) is 6.10 Å². The maximum Gasteiger partial charge on any atom is 0.0792 e. The Morgan fingerprint density at radius 3 is 2.40 bits per heavy atom. The molecule has 1 aromatic carbocycles. The number of aliphatic hydroxyl groups is 1. The highest BCUT2D eigenvalue weighted by Crippen LogP contribution is 2.24. The van der Waals surface area contributed by atoms with E-state index in [4.69, 9.17) is 0 Å². The Kier molecular flexibility index (Phi) is 5.34. The molecule has 0 bridgehead atoms. The minimum absolute atomic E-state index is 0.320. The average Bonchev–Trinajstić information content (AvgIpc) is 2.18. The van der Waals surface area contributed by atoms with Gasteiger partial charge in [-0.1, -0.05) is 54.8 Å². The standard InChI is InChI=1S/C13H19BrO/c1-3-4-10(2)9-13(15)11-5-7-12(14)8-6-11/h5-8,10,13,15H,3-4,9H2,1-2H3. The molecule has 0 spiro atoms. The topological polar surface area (TPSA) is 20.2 Å². The molecule has 15 heavy (non-hydrogen) atoms. The maximum absolute atomic E-state index is 9.99. The number of benzene rings is 1. The van der Waals surface area contributed by atoms with Gasteiger partial charge in [0.2, 0.25) is 0 Å². The molecule has 2 atom stereocenters. The molecule has 2 unspecified atom stereocenters. The summed E-state index contributed by atoms with van der Waals surface area (Å²) in [6, 6.07) is 7.91. The fraction of sp³-hybridized carbons (Fsp3) is 0.538. The molecule has 1 aromatic rings. The van der Waals surface area contributed by atoms with Crippen molar-refractivity contribution in [2.24, 2.45) is 5.92 Å². The normalized spacial score (nSPS) is 14.9. The maximum atomic E-state index is 9.99. The van der Waals surface area contributed by atoms with Crippen LogP contribution < -0.4 is 0 Å². The lowest BCUT2D eigenvalue weighted by atomic mass is 9.95. The van der Waals surface area contributed by atoms with Gasteiger partial charge in [0.25, 0.3) is 0 Å². The summed E-state index contributed by atoms with van der Waals surface area (Å²) in [7, 11) is 0. The second-order valence-electron chi connectivity index (χ2n) is 4.20. The average molecular weight is 271 g/mol. The summed E-state index contributed by atoms with van der Waals surface area (Å²) >= 11 is 3.39. The van der Waals surface area contributed by atoms with Crippen molar-refractivity contribution in [1.82, 2.24) is 0 Å². The van der Waals surface area contributed by atoms with Crippen molar-refractivity contribution in [1.29, 1.82) is 0 Å². The Morgan fingerprint density at radius 1 is 1.27 bits per heavy atom. The lowest BCUT2D eigenvalue weighted by Crippen LogP contribution is -2.04. The summed E-state index contributed by atoms with van der Waals surface area (Å²) in [5, 5.41) is 9.99. The van der Waals surface area contributed by atoms with Crippen LogP contribution in [0.1, 0.15) is 44.8 Å². The molecular formula is C13H19BrO. The quantitative estimate of drug-likeness (QED) is 0.846. The predicted octanol–water partition coefficient (Wildman–Crippen LogP) is 4.31. The van der Waals surface area contributed by atoms with Gasteiger partial charge in [0, 0.05) is 4.47 Å². The zero-order valence-electron chi connectivity index (χ0n) is 9.41. The van der Waals surface area contributed by atoms with Gasteiger partial charge in [-0.05, 0) is 30.0 Å². The number of hydrogen-bond donors (Lipinski definition) is 1. The summed E-state index contributed by atoms with van der Waals surface area (Å²) < 4.78 is 1.06. The molecular weight excluding hydrogens is 252 g/mol. The van der Waals surface area contributed by atoms with Gasteiger partial charge in [0.15, 0.2) is 0 Å². The Morgan fingerprint density at radius 2 is 1.87 bits per heavy atom. The van der Waals surface area contributed by atoms with Gasteiger partial charge in [-0.15, -0.1) is 0 Å². The third-order valence-corrected chi connectivity index (χ3v) is 3.19. The summed E-state index contributed by atoms with van der Waals surface area (Å²) in [6.45, 7) is 4.38. The van der Waals surface area contributed by atoms with Crippen molar-refractivity contribution in [2.75, 3.05) is 0 Å². The molecule has 1 N–H and O–H groups in total. The van der Waals surface area contributed by atoms with Crippen LogP contribution in [0.2, 0.25) is 0 Å². The number of hydrogen-bond acceptors (Lipinski definition) is 1. The van der Waals surface area contributed by atoms with Crippen molar-refractivity contribution < 1.29 is 5.11 Å². The molecule has 0 aromatic heterocycles.